The van der Waals surface area contributed by atoms with Crippen molar-refractivity contribution in [3.05, 3.63) is 77.6 Å². The molecule has 0 unspecified atom stereocenters. The normalized spacial score (nSPS) is 11.1. The zero-order valence-electron chi connectivity index (χ0n) is 15.7. The number of benzene rings is 3. The van der Waals surface area contributed by atoms with E-state index in [1.165, 1.54) is 0 Å². The number of H-pyrrole nitrogens is 1. The lowest BCUT2D eigenvalue weighted by molar-refractivity contribution is 0.0699. The number of carboxylic acid groups (broad SMARTS) is 1. The van der Waals surface area contributed by atoms with Crippen molar-refractivity contribution < 1.29 is 14.6 Å². The number of nitrogens with one attached hydrogen (secondary N) is 1. The predicted octanol–water partition coefficient (Wildman–Crippen LogP) is 5.05. The SMILES string of the molecule is COCc1ccc(-c2ccc(-c3cc(C(=O)O)c4nc(C)[nH]c4c3)cc2)cc1. The number of imidazole rings is 1. The van der Waals surface area contributed by atoms with Crippen LogP contribution in [0.15, 0.2) is 60.7 Å². The average Bonchev–Trinajstić information content (AvgIpc) is 3.08. The second kappa shape index (κ2) is 7.29. The van der Waals surface area contributed by atoms with E-state index in [1.807, 2.05) is 37.3 Å². The number of carbonyl (C=O) groups is 1. The quantitative estimate of drug-likeness (QED) is 0.514. The number of rotatable bonds is 5. The molecule has 5 nitrogen and oxygen atoms in total. The third kappa shape index (κ3) is 3.40. The van der Waals surface area contributed by atoms with Gasteiger partial charge in [0.05, 0.1) is 17.7 Å². The maximum Gasteiger partial charge on any atom is 0.337 e. The summed E-state index contributed by atoms with van der Waals surface area (Å²) in [4.78, 5) is 19.1. The Morgan fingerprint density at radius 2 is 1.54 bits per heavy atom. The molecule has 2 N–H and O–H groups in total. The van der Waals surface area contributed by atoms with E-state index in [4.69, 9.17) is 4.74 Å². The van der Waals surface area contributed by atoms with E-state index >= 15 is 0 Å². The standard InChI is InChI=1S/C23H20N2O3/c1-14-24-21-12-19(11-20(23(26)27)22(21)25-14)18-9-7-17(8-10-18)16-5-3-15(4-6-16)13-28-2/h3-12H,13H2,1-2H3,(H,24,25)(H,26,27). The van der Waals surface area contributed by atoms with E-state index in [1.54, 1.807) is 13.2 Å². The van der Waals surface area contributed by atoms with Crippen molar-refractivity contribution in [1.29, 1.82) is 0 Å². The first kappa shape index (κ1) is 17.9. The summed E-state index contributed by atoms with van der Waals surface area (Å²) < 4.78 is 5.15. The summed E-state index contributed by atoms with van der Waals surface area (Å²) in [5.74, 6) is -0.284. The number of aromatic nitrogens is 2. The molecule has 140 valence electrons. The smallest absolute Gasteiger partial charge is 0.337 e. The number of aryl methyl sites for hydroxylation is 1. The van der Waals surface area contributed by atoms with Crippen LogP contribution >= 0.6 is 0 Å². The third-order valence-corrected chi connectivity index (χ3v) is 4.75. The first-order chi connectivity index (χ1) is 13.5. The summed E-state index contributed by atoms with van der Waals surface area (Å²) in [5, 5.41) is 9.55. The zero-order valence-corrected chi connectivity index (χ0v) is 15.7. The van der Waals surface area contributed by atoms with E-state index in [9.17, 15) is 9.90 Å². The fourth-order valence-electron chi connectivity index (χ4n) is 3.39. The van der Waals surface area contributed by atoms with Crippen LogP contribution in [0, 0.1) is 6.92 Å². The first-order valence-corrected chi connectivity index (χ1v) is 8.97. The van der Waals surface area contributed by atoms with E-state index in [-0.39, 0.29) is 5.56 Å². The number of nitrogens with zero attached hydrogens (tertiary/aromatic N) is 1. The van der Waals surface area contributed by atoms with Gasteiger partial charge in [-0.1, -0.05) is 48.5 Å². The molecule has 0 amide bonds. The van der Waals surface area contributed by atoms with Crippen LogP contribution < -0.4 is 0 Å². The number of ether oxygens (including phenoxy) is 1. The molecule has 0 saturated heterocycles. The van der Waals surface area contributed by atoms with Gasteiger partial charge in [-0.05, 0) is 46.9 Å². The van der Waals surface area contributed by atoms with E-state index in [0.29, 0.717) is 17.9 Å². The largest absolute Gasteiger partial charge is 0.478 e. The molecule has 4 aromatic rings. The van der Waals surface area contributed by atoms with Gasteiger partial charge in [0.1, 0.15) is 11.3 Å². The summed E-state index contributed by atoms with van der Waals surface area (Å²) >= 11 is 0. The van der Waals surface area contributed by atoms with Crippen LogP contribution in [0.25, 0.3) is 33.3 Å². The van der Waals surface area contributed by atoms with Crippen LogP contribution in [0.5, 0.6) is 0 Å². The molecule has 3 aromatic carbocycles. The van der Waals surface area contributed by atoms with Crippen molar-refractivity contribution in [2.45, 2.75) is 13.5 Å². The Bertz CT molecular complexity index is 1140. The summed E-state index contributed by atoms with van der Waals surface area (Å²) in [6.45, 7) is 2.42. The van der Waals surface area contributed by atoms with E-state index in [0.717, 1.165) is 33.3 Å². The molecule has 0 radical (unpaired) electrons. The minimum absolute atomic E-state index is 0.203. The molecular weight excluding hydrogens is 352 g/mol. The van der Waals surface area contributed by atoms with E-state index in [2.05, 4.69) is 34.2 Å². The molecule has 0 saturated carbocycles. The third-order valence-electron chi connectivity index (χ3n) is 4.75. The Labute approximate surface area is 162 Å². The summed E-state index contributed by atoms with van der Waals surface area (Å²) in [7, 11) is 1.68. The monoisotopic (exact) mass is 372 g/mol. The number of methoxy groups -OCH3 is 1. The van der Waals surface area contributed by atoms with Crippen molar-refractivity contribution >= 4 is 17.0 Å². The number of carboxylic acids is 1. The average molecular weight is 372 g/mol. The Balaban J connectivity index is 1.69. The van der Waals surface area contributed by atoms with Gasteiger partial charge in [-0.3, -0.25) is 0 Å². The summed E-state index contributed by atoms with van der Waals surface area (Å²) in [5.41, 5.74) is 6.57. The van der Waals surface area contributed by atoms with Gasteiger partial charge in [0.25, 0.3) is 0 Å². The van der Waals surface area contributed by atoms with Gasteiger partial charge < -0.3 is 14.8 Å². The molecular formula is C23H20N2O3. The highest BCUT2D eigenvalue weighted by Gasteiger charge is 2.14. The summed E-state index contributed by atoms with van der Waals surface area (Å²) in [6, 6.07) is 20.0. The molecule has 0 aliphatic rings. The fourth-order valence-corrected chi connectivity index (χ4v) is 3.39. The second-order valence-corrected chi connectivity index (χ2v) is 6.75. The lowest BCUT2D eigenvalue weighted by Gasteiger charge is -2.08. The Morgan fingerprint density at radius 1 is 0.964 bits per heavy atom. The van der Waals surface area contributed by atoms with Crippen LogP contribution in [0.4, 0.5) is 0 Å². The van der Waals surface area contributed by atoms with Crippen LogP contribution in [-0.4, -0.2) is 28.2 Å². The Morgan fingerprint density at radius 3 is 2.11 bits per heavy atom. The van der Waals surface area contributed by atoms with Crippen molar-refractivity contribution in [1.82, 2.24) is 9.97 Å². The number of hydrogen-bond acceptors (Lipinski definition) is 3. The molecule has 0 atom stereocenters. The number of hydrogen-bond donors (Lipinski definition) is 2. The van der Waals surface area contributed by atoms with Crippen LogP contribution in [0.3, 0.4) is 0 Å². The molecule has 1 heterocycles. The Kier molecular flexibility index (Phi) is 4.67. The predicted molar refractivity (Wildman–Crippen MR) is 109 cm³/mol. The van der Waals surface area contributed by atoms with Crippen LogP contribution in [0.1, 0.15) is 21.7 Å². The molecule has 0 aliphatic carbocycles. The van der Waals surface area contributed by atoms with Gasteiger partial charge in [0.15, 0.2) is 0 Å². The minimum atomic E-state index is -0.980. The number of aromatic amines is 1. The molecule has 1 aromatic heterocycles. The highest BCUT2D eigenvalue weighted by Crippen LogP contribution is 2.29. The molecule has 28 heavy (non-hydrogen) atoms. The van der Waals surface area contributed by atoms with Gasteiger partial charge in [-0.25, -0.2) is 9.78 Å². The van der Waals surface area contributed by atoms with Gasteiger partial charge >= 0.3 is 5.97 Å². The van der Waals surface area contributed by atoms with Gasteiger partial charge in [-0.2, -0.15) is 0 Å². The minimum Gasteiger partial charge on any atom is -0.478 e. The number of fused-ring (bicyclic) bond motifs is 1. The molecule has 0 bridgehead atoms. The molecule has 0 spiro atoms. The maximum absolute atomic E-state index is 11.7. The first-order valence-electron chi connectivity index (χ1n) is 8.97. The maximum atomic E-state index is 11.7. The Hall–Kier alpha value is -3.44. The lowest BCUT2D eigenvalue weighted by Crippen LogP contribution is -1.98. The zero-order chi connectivity index (χ0) is 19.7. The van der Waals surface area contributed by atoms with E-state index < -0.39 is 5.97 Å². The van der Waals surface area contributed by atoms with Gasteiger partial charge in [0.2, 0.25) is 0 Å². The van der Waals surface area contributed by atoms with Gasteiger partial charge in [0, 0.05) is 7.11 Å². The molecule has 0 fully saturated rings. The van der Waals surface area contributed by atoms with Crippen molar-refractivity contribution in [2.24, 2.45) is 0 Å². The van der Waals surface area contributed by atoms with Crippen molar-refractivity contribution in [3.63, 3.8) is 0 Å². The molecule has 0 aliphatic heterocycles. The lowest BCUT2D eigenvalue weighted by atomic mass is 9.98. The number of aromatic carboxylic acids is 1. The summed E-state index contributed by atoms with van der Waals surface area (Å²) in [6.07, 6.45) is 0. The van der Waals surface area contributed by atoms with Gasteiger partial charge in [-0.15, -0.1) is 0 Å². The highest BCUT2D eigenvalue weighted by molar-refractivity contribution is 6.03. The molecule has 5 heteroatoms. The van der Waals surface area contributed by atoms with Crippen molar-refractivity contribution in [2.75, 3.05) is 7.11 Å². The topological polar surface area (TPSA) is 75.2 Å². The second-order valence-electron chi connectivity index (χ2n) is 6.75. The molecule has 4 rings (SSSR count). The van der Waals surface area contributed by atoms with Crippen LogP contribution in [0.2, 0.25) is 0 Å². The fraction of sp³-hybridized carbons (Fsp3) is 0.130. The van der Waals surface area contributed by atoms with Crippen molar-refractivity contribution in [3.8, 4) is 22.3 Å². The van der Waals surface area contributed by atoms with Crippen LogP contribution in [-0.2, 0) is 11.3 Å². The highest BCUT2D eigenvalue weighted by atomic mass is 16.5.